The second-order valence-corrected chi connectivity index (χ2v) is 7.71. The first-order chi connectivity index (χ1) is 14.8. The van der Waals surface area contributed by atoms with E-state index in [-0.39, 0.29) is 0 Å². The Balaban J connectivity index is 1.56. The molecule has 0 unspecified atom stereocenters. The molecular formula is C20H17F3N6OS. The third kappa shape index (κ3) is 4.82. The van der Waals surface area contributed by atoms with Crippen LogP contribution in [-0.4, -0.2) is 38.3 Å². The largest absolute Gasteiger partial charge is 0.405 e. The highest BCUT2D eigenvalue weighted by molar-refractivity contribution is 7.14. The van der Waals surface area contributed by atoms with Crippen LogP contribution < -0.4 is 10.6 Å². The Bertz CT molecular complexity index is 1230. The van der Waals surface area contributed by atoms with Gasteiger partial charge in [0.25, 0.3) is 0 Å². The third-order valence-corrected chi connectivity index (χ3v) is 5.51. The van der Waals surface area contributed by atoms with Crippen molar-refractivity contribution in [3.63, 3.8) is 0 Å². The minimum atomic E-state index is -4.47. The first kappa shape index (κ1) is 20.8. The topological polar surface area (TPSA) is 84.2 Å². The van der Waals surface area contributed by atoms with Crippen LogP contribution in [0.2, 0.25) is 0 Å². The van der Waals surface area contributed by atoms with Crippen LogP contribution in [0.1, 0.15) is 11.9 Å². The molecule has 11 heteroatoms. The fourth-order valence-electron chi connectivity index (χ4n) is 2.95. The minimum absolute atomic E-state index is 0.365. The summed E-state index contributed by atoms with van der Waals surface area (Å²) in [4.78, 5) is 16.2. The Morgan fingerprint density at radius 2 is 2.00 bits per heavy atom. The molecule has 3 heterocycles. The maximum absolute atomic E-state index is 12.3. The van der Waals surface area contributed by atoms with Gasteiger partial charge in [-0.3, -0.25) is 4.40 Å². The predicted octanol–water partition coefficient (Wildman–Crippen LogP) is 4.77. The highest BCUT2D eigenvalue weighted by Gasteiger charge is 2.27. The van der Waals surface area contributed by atoms with Gasteiger partial charge in [0.05, 0.1) is 11.9 Å². The van der Waals surface area contributed by atoms with Crippen LogP contribution in [-0.2, 0) is 6.42 Å². The molecule has 31 heavy (non-hydrogen) atoms. The molecule has 0 saturated carbocycles. The molecule has 0 aliphatic carbocycles. The van der Waals surface area contributed by atoms with Crippen LogP contribution in [0.3, 0.4) is 0 Å². The number of halogens is 3. The van der Waals surface area contributed by atoms with Gasteiger partial charge in [0.15, 0.2) is 0 Å². The monoisotopic (exact) mass is 446 g/mol. The number of imidazole rings is 1. The number of aryl methyl sites for hydroxylation is 1. The van der Waals surface area contributed by atoms with Gasteiger partial charge in [-0.05, 0) is 30.7 Å². The third-order valence-electron chi connectivity index (χ3n) is 4.40. The fraction of sp³-hybridized carbons (Fsp3) is 0.200. The number of rotatable bonds is 5. The summed E-state index contributed by atoms with van der Waals surface area (Å²) in [5, 5.41) is 14.3. The average Bonchev–Trinajstić information content (AvgIpc) is 3.38. The molecule has 4 rings (SSSR count). The number of carbonyl (C=O) groups excluding carboxylic acids is 1. The van der Waals surface area contributed by atoms with Gasteiger partial charge >= 0.3 is 12.2 Å². The zero-order valence-corrected chi connectivity index (χ0v) is 17.1. The maximum atomic E-state index is 12.3. The first-order valence-corrected chi connectivity index (χ1v) is 10.2. The number of anilines is 1. The van der Waals surface area contributed by atoms with E-state index in [9.17, 15) is 18.0 Å². The lowest BCUT2D eigenvalue weighted by atomic mass is 10.1. The molecule has 2 amide bonds. The van der Waals surface area contributed by atoms with Gasteiger partial charge in [-0.1, -0.05) is 30.4 Å². The van der Waals surface area contributed by atoms with Crippen LogP contribution in [0.4, 0.5) is 23.7 Å². The summed E-state index contributed by atoms with van der Waals surface area (Å²) in [6.45, 7) is 0.625. The Morgan fingerprint density at radius 3 is 2.74 bits per heavy atom. The number of aromatic nitrogens is 4. The normalized spacial score (nSPS) is 11.6. The smallest absolute Gasteiger partial charge is 0.329 e. The number of alkyl halides is 3. The summed E-state index contributed by atoms with van der Waals surface area (Å²) in [7, 11) is 0. The van der Waals surface area contributed by atoms with Crippen molar-refractivity contribution in [1.82, 2.24) is 24.9 Å². The van der Waals surface area contributed by atoms with Gasteiger partial charge in [-0.25, -0.2) is 9.78 Å². The number of carbonyl (C=O) groups is 1. The van der Waals surface area contributed by atoms with E-state index in [0.29, 0.717) is 11.3 Å². The molecule has 2 N–H and O–H groups in total. The summed E-state index contributed by atoms with van der Waals surface area (Å²) in [6.07, 6.45) is -0.0803. The van der Waals surface area contributed by atoms with Gasteiger partial charge < -0.3 is 10.6 Å². The molecule has 4 aromatic rings. The quantitative estimate of drug-likeness (QED) is 0.463. The maximum Gasteiger partial charge on any atom is 0.405 e. The summed E-state index contributed by atoms with van der Waals surface area (Å²) in [6, 6.07) is 9.70. The number of amides is 2. The molecule has 160 valence electrons. The second-order valence-electron chi connectivity index (χ2n) is 6.65. The van der Waals surface area contributed by atoms with Gasteiger partial charge in [0, 0.05) is 23.0 Å². The Hall–Kier alpha value is -3.47. The van der Waals surface area contributed by atoms with E-state index < -0.39 is 18.8 Å². The van der Waals surface area contributed by atoms with E-state index in [1.54, 1.807) is 29.7 Å². The molecule has 0 aliphatic rings. The summed E-state index contributed by atoms with van der Waals surface area (Å²) in [5.41, 5.74) is 3.51. The van der Waals surface area contributed by atoms with E-state index in [2.05, 4.69) is 20.5 Å². The molecule has 1 aromatic carbocycles. The number of nitrogens with one attached hydrogen (secondary N) is 2. The number of urea groups is 1. The zero-order valence-electron chi connectivity index (χ0n) is 16.3. The molecular weight excluding hydrogens is 429 g/mol. The van der Waals surface area contributed by atoms with Crippen molar-refractivity contribution in [2.75, 3.05) is 11.9 Å². The van der Waals surface area contributed by atoms with Crippen molar-refractivity contribution < 1.29 is 18.0 Å². The number of hydrogen-bond acceptors (Lipinski definition) is 5. The number of hydrogen-bond donors (Lipinski definition) is 2. The van der Waals surface area contributed by atoms with E-state index >= 15 is 0 Å². The number of fused-ring (bicyclic) bond motifs is 1. The van der Waals surface area contributed by atoms with Crippen LogP contribution in [0.5, 0.6) is 0 Å². The van der Waals surface area contributed by atoms with Crippen LogP contribution in [0, 0.1) is 0 Å². The zero-order chi connectivity index (χ0) is 22.0. The summed E-state index contributed by atoms with van der Waals surface area (Å²) >= 11 is 1.53. The Labute approximate surface area is 179 Å². The van der Waals surface area contributed by atoms with Crippen LogP contribution in [0.25, 0.3) is 27.5 Å². The number of benzene rings is 1. The van der Waals surface area contributed by atoms with Gasteiger partial charge in [0.2, 0.25) is 0 Å². The van der Waals surface area contributed by atoms with Crippen LogP contribution in [0.15, 0.2) is 48.8 Å². The number of nitrogens with zero attached hydrogens (tertiary/aromatic N) is 4. The van der Waals surface area contributed by atoms with Crippen molar-refractivity contribution in [3.05, 3.63) is 53.8 Å². The molecule has 0 aliphatic heterocycles. The van der Waals surface area contributed by atoms with Crippen molar-refractivity contribution in [1.29, 1.82) is 0 Å². The second kappa shape index (κ2) is 8.34. The molecule has 0 bridgehead atoms. The van der Waals surface area contributed by atoms with Crippen molar-refractivity contribution in [2.24, 2.45) is 0 Å². The minimum Gasteiger partial charge on any atom is -0.329 e. The lowest BCUT2D eigenvalue weighted by molar-refractivity contribution is -0.122. The molecule has 0 spiro atoms. The van der Waals surface area contributed by atoms with Gasteiger partial charge in [-0.15, -0.1) is 10.2 Å². The van der Waals surface area contributed by atoms with Crippen molar-refractivity contribution in [3.8, 4) is 21.8 Å². The lowest BCUT2D eigenvalue weighted by Crippen LogP contribution is -2.36. The predicted molar refractivity (Wildman–Crippen MR) is 112 cm³/mol. The molecule has 0 fully saturated rings. The first-order valence-electron chi connectivity index (χ1n) is 9.34. The van der Waals surface area contributed by atoms with E-state index in [0.717, 1.165) is 33.3 Å². The average molecular weight is 446 g/mol. The van der Waals surface area contributed by atoms with Gasteiger partial charge in [0.1, 0.15) is 22.2 Å². The van der Waals surface area contributed by atoms with E-state index in [1.165, 1.54) is 11.3 Å². The van der Waals surface area contributed by atoms with Crippen molar-refractivity contribution in [2.45, 2.75) is 19.5 Å². The SMILES string of the molecule is CCc1nnc(-c2ccn3c(-c4cccc(NC(=O)NCC(F)(F)F)c4)cnc3c2)s1. The Kier molecular flexibility index (Phi) is 5.59. The highest BCUT2D eigenvalue weighted by Crippen LogP contribution is 2.28. The fourth-order valence-corrected chi connectivity index (χ4v) is 3.73. The standard InChI is InChI=1S/C20H17F3N6OS/c1-2-17-27-28-18(31-17)13-6-7-29-15(10-24-16(29)9-13)12-4-3-5-14(8-12)26-19(30)25-11-20(21,22)23/h3-10H,2,11H2,1H3,(H2,25,26,30). The molecule has 0 atom stereocenters. The van der Waals surface area contributed by atoms with E-state index in [4.69, 9.17) is 0 Å². The summed E-state index contributed by atoms with van der Waals surface area (Å²) < 4.78 is 38.6. The Morgan fingerprint density at radius 1 is 1.16 bits per heavy atom. The molecule has 3 aromatic heterocycles. The molecule has 7 nitrogen and oxygen atoms in total. The van der Waals surface area contributed by atoms with Gasteiger partial charge in [-0.2, -0.15) is 13.2 Å². The van der Waals surface area contributed by atoms with Crippen LogP contribution >= 0.6 is 11.3 Å². The number of pyridine rings is 1. The summed E-state index contributed by atoms with van der Waals surface area (Å²) in [5.74, 6) is 0. The molecule has 0 radical (unpaired) electrons. The highest BCUT2D eigenvalue weighted by atomic mass is 32.1. The lowest BCUT2D eigenvalue weighted by Gasteiger charge is -2.10. The molecule has 0 saturated heterocycles. The van der Waals surface area contributed by atoms with E-state index in [1.807, 2.05) is 35.7 Å². The van der Waals surface area contributed by atoms with Crippen molar-refractivity contribution >= 4 is 28.7 Å².